The molecule has 0 saturated heterocycles. The number of carbonyl (C=O) groups excluding carboxylic acids is 1. The van der Waals surface area contributed by atoms with Crippen molar-refractivity contribution in [3.8, 4) is 0 Å². The first-order valence-electron chi connectivity index (χ1n) is 5.79. The lowest BCUT2D eigenvalue weighted by atomic mass is 9.74. The van der Waals surface area contributed by atoms with Crippen molar-refractivity contribution in [2.75, 3.05) is 0 Å². The number of para-hydroxylation sites is 1. The summed E-state index contributed by atoms with van der Waals surface area (Å²) >= 11 is 0. The SMILES string of the molecule is CC[C@@]1(C)CC(=O)n2ccc3cccc1c32. The Morgan fingerprint density at radius 2 is 2.19 bits per heavy atom. The molecule has 0 radical (unpaired) electrons. The second-order valence-corrected chi connectivity index (χ2v) is 4.91. The van der Waals surface area contributed by atoms with Crippen molar-refractivity contribution in [2.24, 2.45) is 0 Å². The van der Waals surface area contributed by atoms with Gasteiger partial charge in [-0.15, -0.1) is 0 Å². The van der Waals surface area contributed by atoms with Gasteiger partial charge in [0.1, 0.15) is 0 Å². The highest BCUT2D eigenvalue weighted by Gasteiger charge is 2.35. The molecule has 1 atom stereocenters. The number of hydrogen-bond acceptors (Lipinski definition) is 1. The molecule has 2 heteroatoms. The Labute approximate surface area is 94.9 Å². The van der Waals surface area contributed by atoms with Gasteiger partial charge in [-0.1, -0.05) is 32.0 Å². The Morgan fingerprint density at radius 3 is 2.94 bits per heavy atom. The molecule has 0 saturated carbocycles. The fourth-order valence-electron chi connectivity index (χ4n) is 2.72. The van der Waals surface area contributed by atoms with Crippen molar-refractivity contribution in [2.45, 2.75) is 32.1 Å². The van der Waals surface area contributed by atoms with Crippen LogP contribution < -0.4 is 0 Å². The third kappa shape index (κ3) is 1.04. The summed E-state index contributed by atoms with van der Waals surface area (Å²) in [5.41, 5.74) is 2.44. The molecule has 1 aromatic heterocycles. The van der Waals surface area contributed by atoms with Crippen molar-refractivity contribution in [1.29, 1.82) is 0 Å². The summed E-state index contributed by atoms with van der Waals surface area (Å²) in [6.45, 7) is 4.35. The number of rotatable bonds is 1. The minimum atomic E-state index is 0.00491. The van der Waals surface area contributed by atoms with Crippen LogP contribution in [-0.4, -0.2) is 10.5 Å². The van der Waals surface area contributed by atoms with Crippen LogP contribution in [0.25, 0.3) is 10.9 Å². The fourth-order valence-corrected chi connectivity index (χ4v) is 2.72. The van der Waals surface area contributed by atoms with Crippen LogP contribution in [0.2, 0.25) is 0 Å². The van der Waals surface area contributed by atoms with E-state index in [4.69, 9.17) is 0 Å². The Bertz CT molecular complexity index is 581. The van der Waals surface area contributed by atoms with Gasteiger partial charge < -0.3 is 0 Å². The quantitative estimate of drug-likeness (QED) is 0.712. The zero-order chi connectivity index (χ0) is 11.3. The van der Waals surface area contributed by atoms with Gasteiger partial charge in [0.15, 0.2) is 0 Å². The van der Waals surface area contributed by atoms with Gasteiger partial charge in [0.2, 0.25) is 5.91 Å². The van der Waals surface area contributed by atoms with E-state index in [0.717, 1.165) is 11.9 Å². The molecule has 2 nitrogen and oxygen atoms in total. The van der Waals surface area contributed by atoms with Crippen LogP contribution in [0, 0.1) is 0 Å². The average molecular weight is 213 g/mol. The molecule has 0 aliphatic carbocycles. The second kappa shape index (κ2) is 2.97. The normalized spacial score (nSPS) is 24.0. The molecule has 82 valence electrons. The summed E-state index contributed by atoms with van der Waals surface area (Å²) in [5, 5.41) is 1.17. The predicted octanol–water partition coefficient (Wildman–Crippen LogP) is 3.35. The van der Waals surface area contributed by atoms with Crippen molar-refractivity contribution in [3.63, 3.8) is 0 Å². The lowest BCUT2D eigenvalue weighted by Crippen LogP contribution is -2.32. The van der Waals surface area contributed by atoms with Crippen LogP contribution in [0.5, 0.6) is 0 Å². The highest BCUT2D eigenvalue weighted by atomic mass is 16.2. The fraction of sp³-hybridized carbons (Fsp3) is 0.357. The highest BCUT2D eigenvalue weighted by molar-refractivity contribution is 5.98. The molecule has 2 aromatic rings. The zero-order valence-electron chi connectivity index (χ0n) is 9.66. The van der Waals surface area contributed by atoms with Gasteiger partial charge >= 0.3 is 0 Å². The third-order valence-electron chi connectivity index (χ3n) is 3.95. The molecular formula is C14H15NO. The molecule has 0 bridgehead atoms. The summed E-state index contributed by atoms with van der Waals surface area (Å²) in [4.78, 5) is 12.1. The van der Waals surface area contributed by atoms with Crippen LogP contribution in [0.1, 0.15) is 37.0 Å². The smallest absolute Gasteiger partial charge is 0.231 e. The Morgan fingerprint density at radius 1 is 1.38 bits per heavy atom. The van der Waals surface area contributed by atoms with E-state index in [1.54, 1.807) is 0 Å². The van der Waals surface area contributed by atoms with Gasteiger partial charge in [-0.3, -0.25) is 9.36 Å². The standard InChI is InChI=1S/C14H15NO/c1-3-14(2)9-12(16)15-8-7-10-5-4-6-11(14)13(10)15/h4-8H,3,9H2,1-2H3/t14-/m0/s1. The molecule has 1 aliphatic rings. The maximum absolute atomic E-state index is 12.1. The number of nitrogens with zero attached hydrogens (tertiary/aromatic N) is 1. The van der Waals surface area contributed by atoms with Gasteiger partial charge in [-0.2, -0.15) is 0 Å². The molecular weight excluding hydrogens is 198 g/mol. The van der Waals surface area contributed by atoms with E-state index >= 15 is 0 Å². The molecule has 1 aromatic carbocycles. The van der Waals surface area contributed by atoms with Crippen molar-refractivity contribution in [1.82, 2.24) is 4.57 Å². The first kappa shape index (κ1) is 9.64. The van der Waals surface area contributed by atoms with E-state index in [9.17, 15) is 4.79 Å². The van der Waals surface area contributed by atoms with Crippen molar-refractivity contribution in [3.05, 3.63) is 36.0 Å². The van der Waals surface area contributed by atoms with Crippen LogP contribution in [0.15, 0.2) is 30.5 Å². The van der Waals surface area contributed by atoms with E-state index in [2.05, 4.69) is 32.0 Å². The van der Waals surface area contributed by atoms with Gasteiger partial charge in [-0.25, -0.2) is 0 Å². The summed E-state index contributed by atoms with van der Waals surface area (Å²) in [6.07, 6.45) is 3.51. The molecule has 3 rings (SSSR count). The van der Waals surface area contributed by atoms with E-state index < -0.39 is 0 Å². The van der Waals surface area contributed by atoms with E-state index in [0.29, 0.717) is 6.42 Å². The molecule has 0 unspecified atom stereocenters. The molecule has 0 amide bonds. The lowest BCUT2D eigenvalue weighted by Gasteiger charge is -2.33. The Hall–Kier alpha value is -1.57. The molecule has 0 N–H and O–H groups in total. The second-order valence-electron chi connectivity index (χ2n) is 4.91. The van der Waals surface area contributed by atoms with E-state index in [1.165, 1.54) is 10.9 Å². The number of carbonyl (C=O) groups is 1. The third-order valence-corrected chi connectivity index (χ3v) is 3.95. The average Bonchev–Trinajstić information content (AvgIpc) is 2.71. The van der Waals surface area contributed by atoms with Crippen LogP contribution in [0.3, 0.4) is 0 Å². The van der Waals surface area contributed by atoms with Crippen LogP contribution in [0.4, 0.5) is 0 Å². The van der Waals surface area contributed by atoms with Gasteiger partial charge in [0.25, 0.3) is 0 Å². The van der Waals surface area contributed by atoms with Crippen LogP contribution >= 0.6 is 0 Å². The first-order chi connectivity index (χ1) is 7.65. The molecule has 16 heavy (non-hydrogen) atoms. The van der Waals surface area contributed by atoms with Crippen molar-refractivity contribution >= 4 is 16.8 Å². The summed E-state index contributed by atoms with van der Waals surface area (Å²) in [5.74, 6) is 0.220. The molecule has 2 heterocycles. The highest BCUT2D eigenvalue weighted by Crippen LogP contribution is 2.40. The zero-order valence-corrected chi connectivity index (χ0v) is 9.66. The monoisotopic (exact) mass is 213 g/mol. The molecule has 1 aliphatic heterocycles. The summed E-state index contributed by atoms with van der Waals surface area (Å²) in [6, 6.07) is 8.35. The minimum absolute atomic E-state index is 0.00491. The number of hydrogen-bond donors (Lipinski definition) is 0. The largest absolute Gasteiger partial charge is 0.287 e. The topological polar surface area (TPSA) is 22.0 Å². The Balaban J connectivity index is 2.44. The Kier molecular flexibility index (Phi) is 1.79. The number of aromatic nitrogens is 1. The lowest BCUT2D eigenvalue weighted by molar-refractivity contribution is 0.0865. The van der Waals surface area contributed by atoms with E-state index in [-0.39, 0.29) is 11.3 Å². The first-order valence-corrected chi connectivity index (χ1v) is 5.79. The molecule has 0 fully saturated rings. The molecule has 0 spiro atoms. The minimum Gasteiger partial charge on any atom is -0.287 e. The number of benzene rings is 1. The maximum Gasteiger partial charge on any atom is 0.231 e. The summed E-state index contributed by atoms with van der Waals surface area (Å²) in [7, 11) is 0. The van der Waals surface area contributed by atoms with E-state index in [1.807, 2.05) is 16.8 Å². The predicted molar refractivity (Wildman–Crippen MR) is 64.8 cm³/mol. The van der Waals surface area contributed by atoms with Gasteiger partial charge in [0.05, 0.1) is 5.52 Å². The summed E-state index contributed by atoms with van der Waals surface area (Å²) < 4.78 is 1.81. The van der Waals surface area contributed by atoms with Crippen molar-refractivity contribution < 1.29 is 4.79 Å². The van der Waals surface area contributed by atoms with Crippen LogP contribution in [-0.2, 0) is 5.41 Å². The maximum atomic E-state index is 12.1. The van der Waals surface area contributed by atoms with Gasteiger partial charge in [0, 0.05) is 23.4 Å². The van der Waals surface area contributed by atoms with Gasteiger partial charge in [-0.05, 0) is 18.1 Å².